The van der Waals surface area contributed by atoms with E-state index in [1.807, 2.05) is 0 Å². The van der Waals surface area contributed by atoms with Crippen LogP contribution in [0.1, 0.15) is 24.5 Å². The van der Waals surface area contributed by atoms with Crippen molar-refractivity contribution in [3.8, 4) is 0 Å². The second-order valence-corrected chi connectivity index (χ2v) is 8.42. The highest BCUT2D eigenvalue weighted by Crippen LogP contribution is 2.32. The molecule has 4 rings (SSSR count). The van der Waals surface area contributed by atoms with Crippen molar-refractivity contribution in [2.75, 3.05) is 21.5 Å². The van der Waals surface area contributed by atoms with Gasteiger partial charge in [-0.2, -0.15) is 0 Å². The number of anilines is 3. The summed E-state index contributed by atoms with van der Waals surface area (Å²) in [6, 6.07) is 9.91. The highest BCUT2D eigenvalue weighted by atomic mass is 32.2. The number of fused-ring (bicyclic) bond motifs is 2. The lowest BCUT2D eigenvalue weighted by molar-refractivity contribution is -0.117. The Kier molecular flexibility index (Phi) is 4.15. The Labute approximate surface area is 157 Å². The summed E-state index contributed by atoms with van der Waals surface area (Å²) in [5, 5.41) is 2.74. The van der Waals surface area contributed by atoms with Crippen molar-refractivity contribution in [3.63, 3.8) is 0 Å². The van der Waals surface area contributed by atoms with Gasteiger partial charge in [-0.15, -0.1) is 0 Å². The molecule has 2 aliphatic heterocycles. The molecule has 0 aromatic heterocycles. The Morgan fingerprint density at radius 1 is 1.07 bits per heavy atom. The van der Waals surface area contributed by atoms with Crippen LogP contribution in [0.15, 0.2) is 41.3 Å². The van der Waals surface area contributed by atoms with E-state index in [0.29, 0.717) is 37.2 Å². The molecule has 7 nitrogen and oxygen atoms in total. The van der Waals surface area contributed by atoms with Gasteiger partial charge in [0.05, 0.1) is 4.90 Å². The smallest absolute Gasteiger partial charge is 0.261 e. The summed E-state index contributed by atoms with van der Waals surface area (Å²) in [6.45, 7) is 2.13. The van der Waals surface area contributed by atoms with Crippen LogP contribution in [0, 0.1) is 0 Å². The van der Waals surface area contributed by atoms with Crippen LogP contribution in [-0.4, -0.2) is 26.8 Å². The molecule has 0 unspecified atom stereocenters. The monoisotopic (exact) mass is 385 g/mol. The number of carbonyl (C=O) groups is 2. The molecule has 8 heteroatoms. The largest absolute Gasteiger partial charge is 0.326 e. The van der Waals surface area contributed by atoms with Gasteiger partial charge in [0.1, 0.15) is 0 Å². The molecule has 0 aliphatic carbocycles. The van der Waals surface area contributed by atoms with Gasteiger partial charge < -0.3 is 10.2 Å². The third-order valence-electron chi connectivity index (χ3n) is 4.89. The van der Waals surface area contributed by atoms with Gasteiger partial charge in [0.25, 0.3) is 10.0 Å². The lowest BCUT2D eigenvalue weighted by Gasteiger charge is -2.18. The highest BCUT2D eigenvalue weighted by Gasteiger charge is 2.24. The van der Waals surface area contributed by atoms with E-state index in [-0.39, 0.29) is 16.7 Å². The van der Waals surface area contributed by atoms with Crippen molar-refractivity contribution in [1.82, 2.24) is 0 Å². The molecule has 0 saturated heterocycles. The van der Waals surface area contributed by atoms with E-state index in [9.17, 15) is 18.0 Å². The number of benzene rings is 2. The van der Waals surface area contributed by atoms with E-state index in [4.69, 9.17) is 0 Å². The van der Waals surface area contributed by atoms with Gasteiger partial charge in [0.2, 0.25) is 11.8 Å². The Morgan fingerprint density at radius 2 is 1.89 bits per heavy atom. The van der Waals surface area contributed by atoms with E-state index < -0.39 is 10.0 Å². The number of hydrogen-bond acceptors (Lipinski definition) is 4. The van der Waals surface area contributed by atoms with Crippen molar-refractivity contribution in [2.24, 2.45) is 0 Å². The minimum absolute atomic E-state index is 0.0248. The molecule has 140 valence electrons. The summed E-state index contributed by atoms with van der Waals surface area (Å²) in [5.41, 5.74) is 3.70. The number of aryl methyl sites for hydroxylation is 1. The first-order valence-corrected chi connectivity index (χ1v) is 10.2. The zero-order valence-corrected chi connectivity index (χ0v) is 15.6. The topological polar surface area (TPSA) is 95.6 Å². The van der Waals surface area contributed by atoms with Crippen molar-refractivity contribution >= 4 is 38.9 Å². The lowest BCUT2D eigenvalue weighted by Crippen LogP contribution is -2.25. The van der Waals surface area contributed by atoms with E-state index in [1.54, 1.807) is 35.2 Å². The number of nitrogens with one attached hydrogen (secondary N) is 2. The number of hydrogen-bond donors (Lipinski definition) is 2. The molecule has 0 saturated carbocycles. The van der Waals surface area contributed by atoms with E-state index in [1.165, 1.54) is 13.0 Å². The van der Waals surface area contributed by atoms with Gasteiger partial charge in [-0.05, 0) is 60.4 Å². The van der Waals surface area contributed by atoms with Crippen LogP contribution in [0.5, 0.6) is 0 Å². The van der Waals surface area contributed by atoms with Crippen LogP contribution in [0.2, 0.25) is 0 Å². The van der Waals surface area contributed by atoms with E-state index in [0.717, 1.165) is 16.8 Å². The van der Waals surface area contributed by atoms with Gasteiger partial charge in [-0.3, -0.25) is 14.3 Å². The SMILES string of the molecule is CC(=O)N1CCc2cc(NS(=O)(=O)c3ccc4c(c3)CCC(=O)N4)ccc21. The zero-order chi connectivity index (χ0) is 19.2. The average molecular weight is 385 g/mol. The zero-order valence-electron chi connectivity index (χ0n) is 14.8. The molecular formula is C19H19N3O4S. The maximum Gasteiger partial charge on any atom is 0.261 e. The number of carbonyl (C=O) groups excluding carboxylic acids is 2. The average Bonchev–Trinajstić information content (AvgIpc) is 3.04. The summed E-state index contributed by atoms with van der Waals surface area (Å²) in [6.07, 6.45) is 1.56. The number of sulfonamides is 1. The molecule has 0 fully saturated rings. The van der Waals surface area contributed by atoms with Crippen LogP contribution in [0.4, 0.5) is 17.1 Å². The fourth-order valence-electron chi connectivity index (χ4n) is 3.53. The fourth-order valence-corrected chi connectivity index (χ4v) is 4.63. The Hall–Kier alpha value is -2.87. The van der Waals surface area contributed by atoms with Crippen molar-refractivity contribution < 1.29 is 18.0 Å². The molecule has 2 aromatic rings. The summed E-state index contributed by atoms with van der Waals surface area (Å²) in [4.78, 5) is 24.9. The first kappa shape index (κ1) is 17.5. The quantitative estimate of drug-likeness (QED) is 0.847. The molecule has 27 heavy (non-hydrogen) atoms. The molecule has 0 spiro atoms. The fraction of sp³-hybridized carbons (Fsp3) is 0.263. The predicted octanol–water partition coefficient (Wildman–Crippen LogP) is 2.28. The predicted molar refractivity (Wildman–Crippen MR) is 102 cm³/mol. The highest BCUT2D eigenvalue weighted by molar-refractivity contribution is 7.92. The van der Waals surface area contributed by atoms with Gasteiger partial charge in [-0.1, -0.05) is 0 Å². The number of amides is 2. The summed E-state index contributed by atoms with van der Waals surface area (Å²) < 4.78 is 28.1. The molecule has 2 aromatic carbocycles. The van der Waals surface area contributed by atoms with Crippen molar-refractivity contribution in [1.29, 1.82) is 0 Å². The molecule has 2 N–H and O–H groups in total. The summed E-state index contributed by atoms with van der Waals surface area (Å²) in [7, 11) is -3.75. The standard InChI is InChI=1S/C19H19N3O4S/c1-12(23)22-9-8-14-10-15(3-6-18(14)22)21-27(25,26)16-4-5-17-13(11-16)2-7-19(24)20-17/h3-6,10-11,21H,2,7-9H2,1H3,(H,20,24). The van der Waals surface area contributed by atoms with Crippen LogP contribution in [0.25, 0.3) is 0 Å². The minimum Gasteiger partial charge on any atom is -0.326 e. The molecule has 2 amide bonds. The van der Waals surface area contributed by atoms with Crippen LogP contribution >= 0.6 is 0 Å². The normalized spacial score (nSPS) is 15.7. The van der Waals surface area contributed by atoms with Crippen molar-refractivity contribution in [2.45, 2.75) is 31.1 Å². The Morgan fingerprint density at radius 3 is 2.67 bits per heavy atom. The molecule has 0 radical (unpaired) electrons. The second-order valence-electron chi connectivity index (χ2n) is 6.74. The maximum atomic E-state index is 12.8. The van der Waals surface area contributed by atoms with Crippen LogP contribution < -0.4 is 14.9 Å². The first-order chi connectivity index (χ1) is 12.8. The molecular weight excluding hydrogens is 366 g/mol. The molecule has 2 heterocycles. The van der Waals surface area contributed by atoms with Crippen LogP contribution in [0.3, 0.4) is 0 Å². The van der Waals surface area contributed by atoms with Crippen LogP contribution in [-0.2, 0) is 32.5 Å². The molecule has 0 atom stereocenters. The first-order valence-electron chi connectivity index (χ1n) is 8.70. The Balaban J connectivity index is 1.59. The van der Waals surface area contributed by atoms with E-state index >= 15 is 0 Å². The summed E-state index contributed by atoms with van der Waals surface area (Å²) >= 11 is 0. The van der Waals surface area contributed by atoms with Crippen molar-refractivity contribution in [3.05, 3.63) is 47.5 Å². The van der Waals surface area contributed by atoms with Gasteiger partial charge >= 0.3 is 0 Å². The minimum atomic E-state index is -3.75. The van der Waals surface area contributed by atoms with Gasteiger partial charge in [0, 0.05) is 37.0 Å². The Bertz CT molecular complexity index is 1060. The molecule has 0 bridgehead atoms. The van der Waals surface area contributed by atoms with E-state index in [2.05, 4.69) is 10.0 Å². The third kappa shape index (κ3) is 3.28. The molecule has 2 aliphatic rings. The third-order valence-corrected chi connectivity index (χ3v) is 6.27. The number of rotatable bonds is 3. The maximum absolute atomic E-state index is 12.8. The lowest BCUT2D eigenvalue weighted by atomic mass is 10.0. The van der Waals surface area contributed by atoms with Gasteiger partial charge in [0.15, 0.2) is 0 Å². The second kappa shape index (κ2) is 6.38. The summed E-state index contributed by atoms with van der Waals surface area (Å²) in [5.74, 6) is -0.0859. The number of nitrogens with zero attached hydrogens (tertiary/aromatic N) is 1. The van der Waals surface area contributed by atoms with Gasteiger partial charge in [-0.25, -0.2) is 8.42 Å².